The third kappa shape index (κ3) is 8.46. The first-order chi connectivity index (χ1) is 6.48. The minimum absolute atomic E-state index is 0.102. The number of carboxylic acids is 1. The van der Waals surface area contributed by atoms with Crippen LogP contribution in [-0.2, 0) is 14.6 Å². The molecule has 0 aliphatic rings. The lowest BCUT2D eigenvalue weighted by Gasteiger charge is -2.02. The van der Waals surface area contributed by atoms with Crippen molar-refractivity contribution in [2.75, 3.05) is 29.9 Å². The summed E-state index contributed by atoms with van der Waals surface area (Å²) >= 11 is 3.05. The predicted molar refractivity (Wildman–Crippen MR) is 57.6 cm³/mol. The molecule has 0 atom stereocenters. The smallest absolute Gasteiger partial charge is 0.317 e. The predicted octanol–water partition coefficient (Wildman–Crippen LogP) is -0.140. The lowest BCUT2D eigenvalue weighted by atomic mass is 10.5. The molecule has 0 aromatic rings. The number of nitrogens with one attached hydrogen (secondary N) is 1. The van der Waals surface area contributed by atoms with Crippen LogP contribution in [0.15, 0.2) is 0 Å². The summed E-state index contributed by atoms with van der Waals surface area (Å²) in [6.07, 6.45) is 0.447. The Labute approximate surface area is 91.9 Å². The van der Waals surface area contributed by atoms with Crippen molar-refractivity contribution in [3.8, 4) is 0 Å². The molecule has 2 N–H and O–H groups in total. The van der Waals surface area contributed by atoms with Gasteiger partial charge in [0.2, 0.25) is 0 Å². The van der Waals surface area contributed by atoms with Crippen molar-refractivity contribution in [3.05, 3.63) is 0 Å². The molecule has 0 saturated heterocycles. The Morgan fingerprint density at radius 3 is 2.50 bits per heavy atom. The van der Waals surface area contributed by atoms with Gasteiger partial charge in [0.15, 0.2) is 9.84 Å². The third-order valence-electron chi connectivity index (χ3n) is 1.47. The fourth-order valence-corrected chi connectivity index (χ4v) is 3.34. The summed E-state index contributed by atoms with van der Waals surface area (Å²) in [5.74, 6) is -0.703. The second-order valence-corrected chi connectivity index (χ2v) is 5.86. The van der Waals surface area contributed by atoms with Crippen molar-refractivity contribution in [2.24, 2.45) is 0 Å². The van der Waals surface area contributed by atoms with Gasteiger partial charge in [0.05, 0.1) is 18.1 Å². The minimum Gasteiger partial charge on any atom is -0.480 e. The van der Waals surface area contributed by atoms with E-state index in [1.54, 1.807) is 0 Å². The Morgan fingerprint density at radius 1 is 1.36 bits per heavy atom. The highest BCUT2D eigenvalue weighted by atomic mass is 79.9. The molecule has 0 heterocycles. The van der Waals surface area contributed by atoms with E-state index in [2.05, 4.69) is 21.2 Å². The largest absolute Gasteiger partial charge is 0.480 e. The topological polar surface area (TPSA) is 83.5 Å². The van der Waals surface area contributed by atoms with Crippen LogP contribution in [0.2, 0.25) is 0 Å². The molecule has 0 aliphatic carbocycles. The highest BCUT2D eigenvalue weighted by Gasteiger charge is 2.08. The van der Waals surface area contributed by atoms with Crippen LogP contribution >= 0.6 is 15.9 Å². The molecule has 0 aromatic carbocycles. The molecule has 0 aromatic heterocycles. The average molecular weight is 288 g/mol. The monoisotopic (exact) mass is 287 g/mol. The number of sulfone groups is 1. The first kappa shape index (κ1) is 13.9. The molecule has 0 amide bonds. The van der Waals surface area contributed by atoms with Crippen molar-refractivity contribution in [1.29, 1.82) is 0 Å². The van der Waals surface area contributed by atoms with Gasteiger partial charge in [-0.3, -0.25) is 4.79 Å². The Bertz CT molecular complexity index is 265. The van der Waals surface area contributed by atoms with Gasteiger partial charge in [-0.1, -0.05) is 15.9 Å². The molecule has 0 rings (SSSR count). The number of rotatable bonds is 8. The van der Waals surface area contributed by atoms with Gasteiger partial charge in [0, 0.05) is 5.33 Å². The molecular weight excluding hydrogens is 274 g/mol. The average Bonchev–Trinajstić information content (AvgIpc) is 2.02. The van der Waals surface area contributed by atoms with E-state index in [-0.39, 0.29) is 18.1 Å². The van der Waals surface area contributed by atoms with Crippen LogP contribution in [0.25, 0.3) is 0 Å². The maximum absolute atomic E-state index is 11.2. The Hall–Kier alpha value is -0.140. The second-order valence-electron chi connectivity index (χ2n) is 2.76. The van der Waals surface area contributed by atoms with Gasteiger partial charge in [-0.15, -0.1) is 0 Å². The quantitative estimate of drug-likeness (QED) is 0.480. The molecule has 84 valence electrons. The van der Waals surface area contributed by atoms with Gasteiger partial charge >= 0.3 is 5.97 Å². The van der Waals surface area contributed by atoms with Crippen LogP contribution in [0.3, 0.4) is 0 Å². The normalized spacial score (nSPS) is 11.5. The summed E-state index contributed by atoms with van der Waals surface area (Å²) in [5, 5.41) is 11.3. The molecule has 0 fully saturated rings. The van der Waals surface area contributed by atoms with Gasteiger partial charge in [-0.05, 0) is 13.0 Å². The summed E-state index contributed by atoms with van der Waals surface area (Å²) in [4.78, 5) is 10.1. The van der Waals surface area contributed by atoms with Crippen LogP contribution in [-0.4, -0.2) is 49.4 Å². The van der Waals surface area contributed by atoms with Crippen LogP contribution in [0.4, 0.5) is 0 Å². The van der Waals surface area contributed by atoms with E-state index in [1.165, 1.54) is 0 Å². The maximum Gasteiger partial charge on any atom is 0.317 e. The lowest BCUT2D eigenvalue weighted by molar-refractivity contribution is -0.135. The Kier molecular flexibility index (Phi) is 7.12. The van der Waals surface area contributed by atoms with Crippen molar-refractivity contribution < 1.29 is 18.3 Å². The van der Waals surface area contributed by atoms with Gasteiger partial charge in [0.1, 0.15) is 0 Å². The van der Waals surface area contributed by atoms with E-state index in [1.807, 2.05) is 0 Å². The van der Waals surface area contributed by atoms with E-state index in [0.717, 1.165) is 0 Å². The van der Waals surface area contributed by atoms with Gasteiger partial charge in [-0.25, -0.2) is 8.42 Å². The van der Waals surface area contributed by atoms with E-state index < -0.39 is 15.8 Å². The second kappa shape index (κ2) is 7.19. The van der Waals surface area contributed by atoms with Crippen LogP contribution in [0, 0.1) is 0 Å². The zero-order valence-electron chi connectivity index (χ0n) is 7.70. The summed E-state index contributed by atoms with van der Waals surface area (Å²) in [7, 11) is -2.97. The molecule has 0 aliphatic heterocycles. The molecule has 0 saturated carbocycles. The Balaban J connectivity index is 3.49. The molecule has 0 spiro atoms. The van der Waals surface area contributed by atoms with Gasteiger partial charge in [0.25, 0.3) is 0 Å². The van der Waals surface area contributed by atoms with Gasteiger partial charge < -0.3 is 10.4 Å². The van der Waals surface area contributed by atoms with E-state index >= 15 is 0 Å². The number of halogens is 1. The van der Waals surface area contributed by atoms with E-state index in [4.69, 9.17) is 5.11 Å². The van der Waals surface area contributed by atoms with Crippen LogP contribution in [0.1, 0.15) is 6.42 Å². The first-order valence-corrected chi connectivity index (χ1v) is 7.11. The number of aliphatic carboxylic acids is 1. The molecule has 0 unspecified atom stereocenters. The number of hydrogen-bond donors (Lipinski definition) is 2. The fourth-order valence-electron chi connectivity index (χ4n) is 0.832. The minimum atomic E-state index is -2.97. The summed E-state index contributed by atoms with van der Waals surface area (Å²) < 4.78 is 22.3. The zero-order valence-corrected chi connectivity index (χ0v) is 10.1. The lowest BCUT2D eigenvalue weighted by Crippen LogP contribution is -2.25. The first-order valence-electron chi connectivity index (χ1n) is 4.17. The standard InChI is InChI=1S/C7H14BrNO4S/c8-2-5-14(12,13)4-1-3-9-6-7(10)11/h9H,1-6H2,(H,10,11). The number of alkyl halides is 1. The molecule has 0 bridgehead atoms. The van der Waals surface area contributed by atoms with Crippen molar-refractivity contribution in [1.82, 2.24) is 5.32 Å². The zero-order chi connectivity index (χ0) is 11.0. The van der Waals surface area contributed by atoms with Crippen molar-refractivity contribution >= 4 is 31.7 Å². The van der Waals surface area contributed by atoms with Crippen LogP contribution in [0.5, 0.6) is 0 Å². The number of hydrogen-bond acceptors (Lipinski definition) is 4. The van der Waals surface area contributed by atoms with E-state index in [9.17, 15) is 13.2 Å². The molecule has 0 radical (unpaired) electrons. The number of carboxylic acid groups (broad SMARTS) is 1. The molecule has 5 nitrogen and oxygen atoms in total. The Morgan fingerprint density at radius 2 is 2.00 bits per heavy atom. The highest BCUT2D eigenvalue weighted by molar-refractivity contribution is 9.09. The molecular formula is C7H14BrNO4S. The molecule has 14 heavy (non-hydrogen) atoms. The fraction of sp³-hybridized carbons (Fsp3) is 0.857. The van der Waals surface area contributed by atoms with Crippen molar-refractivity contribution in [3.63, 3.8) is 0 Å². The van der Waals surface area contributed by atoms with Crippen LogP contribution < -0.4 is 5.32 Å². The summed E-state index contributed by atoms with van der Waals surface area (Å²) in [5.41, 5.74) is 0. The summed E-state index contributed by atoms with van der Waals surface area (Å²) in [6, 6.07) is 0. The van der Waals surface area contributed by atoms with Crippen molar-refractivity contribution in [2.45, 2.75) is 6.42 Å². The number of carbonyl (C=O) groups is 1. The maximum atomic E-state index is 11.2. The third-order valence-corrected chi connectivity index (χ3v) is 4.13. The SMILES string of the molecule is O=C(O)CNCCCS(=O)(=O)CCBr. The van der Waals surface area contributed by atoms with E-state index in [0.29, 0.717) is 18.3 Å². The highest BCUT2D eigenvalue weighted by Crippen LogP contribution is 1.95. The van der Waals surface area contributed by atoms with Gasteiger partial charge in [-0.2, -0.15) is 0 Å². The molecule has 7 heteroatoms. The summed E-state index contributed by atoms with van der Waals surface area (Å²) in [6.45, 7) is 0.284.